The minimum absolute atomic E-state index is 0.0520. The van der Waals surface area contributed by atoms with Crippen LogP contribution < -0.4 is 9.62 Å². The van der Waals surface area contributed by atoms with E-state index in [1.165, 1.54) is 9.21 Å². The van der Waals surface area contributed by atoms with E-state index in [0.29, 0.717) is 12.1 Å². The molecule has 8 heteroatoms. The summed E-state index contributed by atoms with van der Waals surface area (Å²) in [5.41, 5.74) is 3.93. The van der Waals surface area contributed by atoms with Crippen LogP contribution in [0.15, 0.2) is 77.7 Å². The first-order valence-corrected chi connectivity index (χ1v) is 15.2. The van der Waals surface area contributed by atoms with Crippen LogP contribution in [0.5, 0.6) is 0 Å². The summed E-state index contributed by atoms with van der Waals surface area (Å²) in [5.74, 6) is -0.703. The van der Waals surface area contributed by atoms with Crippen molar-refractivity contribution in [1.29, 1.82) is 0 Å². The fourth-order valence-electron chi connectivity index (χ4n) is 4.58. The summed E-state index contributed by atoms with van der Waals surface area (Å²) >= 11 is 0. The Bertz CT molecular complexity index is 1410. The SMILES string of the molecule is CC[C@@H](C)NC(=O)[C@H](CC)N(Cc1ccccc1)C(=O)CN(c1ccc(C)cc1C)S(=O)(=O)c1ccc(C)cc1. The van der Waals surface area contributed by atoms with Crippen LogP contribution in [0.4, 0.5) is 5.69 Å². The lowest BCUT2D eigenvalue weighted by Gasteiger charge is -2.34. The minimum atomic E-state index is -4.10. The molecule has 0 spiro atoms. The van der Waals surface area contributed by atoms with E-state index in [1.807, 2.05) is 84.0 Å². The van der Waals surface area contributed by atoms with Crippen molar-refractivity contribution in [3.05, 3.63) is 95.1 Å². The Hall–Kier alpha value is -3.65. The van der Waals surface area contributed by atoms with E-state index in [9.17, 15) is 18.0 Å². The minimum Gasteiger partial charge on any atom is -0.352 e. The average Bonchev–Trinajstić information content (AvgIpc) is 2.92. The Morgan fingerprint density at radius 2 is 1.48 bits per heavy atom. The van der Waals surface area contributed by atoms with Crippen molar-refractivity contribution in [2.75, 3.05) is 10.8 Å². The molecule has 3 aromatic carbocycles. The highest BCUT2D eigenvalue weighted by atomic mass is 32.2. The van der Waals surface area contributed by atoms with Crippen molar-refractivity contribution < 1.29 is 18.0 Å². The maximum Gasteiger partial charge on any atom is 0.264 e. The van der Waals surface area contributed by atoms with Gasteiger partial charge in [0, 0.05) is 12.6 Å². The van der Waals surface area contributed by atoms with Crippen molar-refractivity contribution in [2.45, 2.75) is 77.9 Å². The van der Waals surface area contributed by atoms with E-state index in [0.717, 1.165) is 28.7 Å². The molecule has 0 aliphatic carbocycles. The number of anilines is 1. The maximum absolute atomic E-state index is 14.1. The summed E-state index contributed by atoms with van der Waals surface area (Å²) in [7, 11) is -4.10. The lowest BCUT2D eigenvalue weighted by molar-refractivity contribution is -0.140. The normalized spacial score (nSPS) is 12.8. The van der Waals surface area contributed by atoms with Crippen LogP contribution >= 0.6 is 0 Å². The van der Waals surface area contributed by atoms with Crippen LogP contribution in [-0.4, -0.2) is 43.8 Å². The number of carbonyl (C=O) groups excluding carboxylic acids is 2. The largest absolute Gasteiger partial charge is 0.352 e. The third kappa shape index (κ3) is 7.50. The van der Waals surface area contributed by atoms with Crippen LogP contribution in [0.25, 0.3) is 0 Å². The molecule has 0 aliphatic heterocycles. The van der Waals surface area contributed by atoms with Crippen molar-refractivity contribution in [2.24, 2.45) is 0 Å². The monoisotopic (exact) mass is 563 g/mol. The third-order valence-electron chi connectivity index (χ3n) is 7.09. The molecule has 40 heavy (non-hydrogen) atoms. The number of nitrogens with one attached hydrogen (secondary N) is 1. The van der Waals surface area contributed by atoms with Crippen LogP contribution in [0, 0.1) is 20.8 Å². The van der Waals surface area contributed by atoms with Gasteiger partial charge in [-0.2, -0.15) is 0 Å². The van der Waals surface area contributed by atoms with Gasteiger partial charge in [0.15, 0.2) is 0 Å². The number of nitrogens with zero attached hydrogens (tertiary/aromatic N) is 2. The van der Waals surface area contributed by atoms with Gasteiger partial charge in [-0.1, -0.05) is 79.6 Å². The second-order valence-corrected chi connectivity index (χ2v) is 12.2. The van der Waals surface area contributed by atoms with Gasteiger partial charge in [-0.05, 0) is 69.9 Å². The van der Waals surface area contributed by atoms with Crippen molar-refractivity contribution >= 4 is 27.5 Å². The number of rotatable bonds is 12. The molecule has 0 saturated carbocycles. The summed E-state index contributed by atoms with van der Waals surface area (Å²) in [5, 5.41) is 3.00. The van der Waals surface area contributed by atoms with E-state index < -0.39 is 28.5 Å². The first-order chi connectivity index (χ1) is 19.0. The zero-order valence-corrected chi connectivity index (χ0v) is 25.2. The van der Waals surface area contributed by atoms with Crippen molar-refractivity contribution in [3.63, 3.8) is 0 Å². The molecule has 3 rings (SSSR count). The fourth-order valence-corrected chi connectivity index (χ4v) is 6.06. The van der Waals surface area contributed by atoms with Gasteiger partial charge in [-0.25, -0.2) is 8.42 Å². The second kappa shape index (κ2) is 13.6. The standard InChI is InChI=1S/C32H41N3O4S/c1-7-26(6)33-32(37)29(8-2)34(21-27-12-10-9-11-13-27)31(36)22-35(30-19-16-24(4)20-25(30)5)40(38,39)28-17-14-23(3)15-18-28/h9-20,26,29H,7-8,21-22H2,1-6H3,(H,33,37)/t26-,29+/m1/s1. The van der Waals surface area contributed by atoms with Gasteiger partial charge in [-0.15, -0.1) is 0 Å². The Kier molecular flexibility index (Phi) is 10.5. The number of carbonyl (C=O) groups is 2. The quantitative estimate of drug-likeness (QED) is 0.314. The lowest BCUT2D eigenvalue weighted by atomic mass is 10.1. The van der Waals surface area contributed by atoms with Gasteiger partial charge in [0.25, 0.3) is 10.0 Å². The van der Waals surface area contributed by atoms with Crippen molar-refractivity contribution in [3.8, 4) is 0 Å². The number of hydrogen-bond donors (Lipinski definition) is 1. The second-order valence-electron chi connectivity index (χ2n) is 10.4. The molecular weight excluding hydrogens is 522 g/mol. The van der Waals surface area contributed by atoms with Gasteiger partial charge in [-0.3, -0.25) is 13.9 Å². The highest BCUT2D eigenvalue weighted by molar-refractivity contribution is 7.92. The number of amides is 2. The summed E-state index contributed by atoms with van der Waals surface area (Å²) < 4.78 is 29.2. The van der Waals surface area contributed by atoms with E-state index in [4.69, 9.17) is 0 Å². The van der Waals surface area contributed by atoms with Gasteiger partial charge < -0.3 is 10.2 Å². The average molecular weight is 564 g/mol. The van der Waals surface area contributed by atoms with Crippen LogP contribution in [0.1, 0.15) is 55.9 Å². The summed E-state index contributed by atoms with van der Waals surface area (Å²) in [6.45, 7) is 11.2. The number of sulfonamides is 1. The Balaban J connectivity index is 2.08. The van der Waals surface area contributed by atoms with E-state index in [1.54, 1.807) is 30.3 Å². The summed E-state index contributed by atoms with van der Waals surface area (Å²) in [6.07, 6.45) is 1.14. The number of hydrogen-bond acceptors (Lipinski definition) is 4. The molecule has 2 atom stereocenters. The predicted molar refractivity (Wildman–Crippen MR) is 161 cm³/mol. The van der Waals surface area contributed by atoms with E-state index in [-0.39, 0.29) is 23.4 Å². The number of aryl methyl sites for hydroxylation is 3. The lowest BCUT2D eigenvalue weighted by Crippen LogP contribution is -2.53. The zero-order chi connectivity index (χ0) is 29.4. The van der Waals surface area contributed by atoms with E-state index in [2.05, 4.69) is 5.32 Å². The van der Waals surface area contributed by atoms with Crippen molar-refractivity contribution in [1.82, 2.24) is 10.2 Å². The third-order valence-corrected chi connectivity index (χ3v) is 8.87. The Morgan fingerprint density at radius 3 is 2.05 bits per heavy atom. The molecule has 0 heterocycles. The van der Waals surface area contributed by atoms with Crippen LogP contribution in [-0.2, 0) is 26.2 Å². The Morgan fingerprint density at radius 1 is 0.850 bits per heavy atom. The molecule has 0 fully saturated rings. The van der Waals surface area contributed by atoms with Gasteiger partial charge in [0.05, 0.1) is 10.6 Å². The first kappa shape index (κ1) is 30.9. The maximum atomic E-state index is 14.1. The molecule has 0 unspecified atom stereocenters. The molecule has 214 valence electrons. The smallest absolute Gasteiger partial charge is 0.264 e. The fraction of sp³-hybridized carbons (Fsp3) is 0.375. The number of benzene rings is 3. The molecular formula is C32H41N3O4S. The Labute approximate surface area is 239 Å². The van der Waals surface area contributed by atoms with Gasteiger partial charge in [0.2, 0.25) is 11.8 Å². The van der Waals surface area contributed by atoms with Gasteiger partial charge >= 0.3 is 0 Å². The predicted octanol–water partition coefficient (Wildman–Crippen LogP) is 5.53. The molecule has 7 nitrogen and oxygen atoms in total. The topological polar surface area (TPSA) is 86.8 Å². The molecule has 0 radical (unpaired) electrons. The zero-order valence-electron chi connectivity index (χ0n) is 24.3. The molecule has 0 bridgehead atoms. The van der Waals surface area contributed by atoms with Crippen LogP contribution in [0.2, 0.25) is 0 Å². The first-order valence-electron chi connectivity index (χ1n) is 13.8. The molecule has 0 aromatic heterocycles. The van der Waals surface area contributed by atoms with E-state index >= 15 is 0 Å². The highest BCUT2D eigenvalue weighted by Crippen LogP contribution is 2.28. The summed E-state index contributed by atoms with van der Waals surface area (Å²) in [4.78, 5) is 29.1. The molecule has 3 aromatic rings. The highest BCUT2D eigenvalue weighted by Gasteiger charge is 2.34. The molecule has 0 saturated heterocycles. The molecule has 0 aliphatic rings. The molecule has 1 N–H and O–H groups in total. The van der Waals surface area contributed by atoms with Crippen LogP contribution in [0.3, 0.4) is 0 Å². The molecule has 2 amide bonds. The van der Waals surface area contributed by atoms with Gasteiger partial charge in [0.1, 0.15) is 12.6 Å². The summed E-state index contributed by atoms with van der Waals surface area (Å²) in [6, 6.07) is 20.7.